The largest absolute Gasteiger partial charge is 0.234 e. The summed E-state index contributed by atoms with van der Waals surface area (Å²) < 4.78 is 0. The van der Waals surface area contributed by atoms with E-state index in [0.717, 1.165) is 19.4 Å². The van der Waals surface area contributed by atoms with E-state index in [2.05, 4.69) is 13.2 Å². The molecule has 1 radical (unpaired) electrons. The molecule has 67 valence electrons. The molecule has 0 atom stereocenters. The van der Waals surface area contributed by atoms with Gasteiger partial charge in [0.2, 0.25) is 0 Å². The second kappa shape index (κ2) is 4.46. The molecular formula is C11H18N. The van der Waals surface area contributed by atoms with Gasteiger partial charge in [-0.25, -0.2) is 5.32 Å². The average Bonchev–Trinajstić information content (AvgIpc) is 2.07. The van der Waals surface area contributed by atoms with E-state index in [0.29, 0.717) is 0 Å². The van der Waals surface area contributed by atoms with E-state index in [9.17, 15) is 0 Å². The molecule has 0 saturated carbocycles. The van der Waals surface area contributed by atoms with Crippen LogP contribution in [0, 0.1) is 0 Å². The number of nitrogens with zero attached hydrogens (tertiary/aromatic N) is 1. The van der Waals surface area contributed by atoms with Crippen LogP contribution in [0.4, 0.5) is 0 Å². The summed E-state index contributed by atoms with van der Waals surface area (Å²) in [5.41, 5.74) is 0.168. The van der Waals surface area contributed by atoms with Crippen molar-refractivity contribution >= 4 is 0 Å². The van der Waals surface area contributed by atoms with Crippen LogP contribution in [0.1, 0.15) is 32.1 Å². The molecule has 0 bridgehead atoms. The number of rotatable bonds is 4. The second-order valence-electron chi connectivity index (χ2n) is 3.55. The van der Waals surface area contributed by atoms with Crippen molar-refractivity contribution in [3.8, 4) is 0 Å². The Bertz CT molecular complexity index is 142. The zero-order chi connectivity index (χ0) is 8.86. The van der Waals surface area contributed by atoms with E-state index < -0.39 is 0 Å². The van der Waals surface area contributed by atoms with Crippen LogP contribution in [0.15, 0.2) is 25.3 Å². The van der Waals surface area contributed by atoms with Crippen LogP contribution >= 0.6 is 0 Å². The van der Waals surface area contributed by atoms with Crippen molar-refractivity contribution in [1.82, 2.24) is 5.32 Å². The SMILES string of the molecule is C=CCC1(CC=C)CCCC[N]1. The van der Waals surface area contributed by atoms with Crippen molar-refractivity contribution in [2.45, 2.75) is 37.6 Å². The summed E-state index contributed by atoms with van der Waals surface area (Å²) >= 11 is 0. The van der Waals surface area contributed by atoms with Gasteiger partial charge >= 0.3 is 0 Å². The maximum absolute atomic E-state index is 4.70. The van der Waals surface area contributed by atoms with Crippen molar-refractivity contribution in [1.29, 1.82) is 0 Å². The Balaban J connectivity index is 2.55. The van der Waals surface area contributed by atoms with E-state index in [4.69, 9.17) is 5.32 Å². The van der Waals surface area contributed by atoms with Crippen LogP contribution in [0.2, 0.25) is 0 Å². The Kier molecular flexibility index (Phi) is 3.54. The Hall–Kier alpha value is -0.560. The third-order valence-corrected chi connectivity index (χ3v) is 2.55. The minimum Gasteiger partial charge on any atom is -0.234 e. The smallest absolute Gasteiger partial charge is 0.0425 e. The van der Waals surface area contributed by atoms with Crippen molar-refractivity contribution in [2.24, 2.45) is 0 Å². The Morgan fingerprint density at radius 1 is 1.17 bits per heavy atom. The molecule has 0 spiro atoms. The highest BCUT2D eigenvalue weighted by Crippen LogP contribution is 2.28. The summed E-state index contributed by atoms with van der Waals surface area (Å²) in [4.78, 5) is 0. The molecule has 0 aromatic carbocycles. The predicted molar refractivity (Wildman–Crippen MR) is 53.2 cm³/mol. The number of hydrogen-bond acceptors (Lipinski definition) is 0. The van der Waals surface area contributed by atoms with Gasteiger partial charge in [-0.05, 0) is 25.7 Å². The normalized spacial score (nSPS) is 21.7. The molecule has 0 aromatic heterocycles. The van der Waals surface area contributed by atoms with Gasteiger partial charge in [-0.1, -0.05) is 18.6 Å². The lowest BCUT2D eigenvalue weighted by Gasteiger charge is -2.35. The molecule has 0 aliphatic carbocycles. The molecule has 0 amide bonds. The number of hydrogen-bond donors (Lipinski definition) is 0. The lowest BCUT2D eigenvalue weighted by Crippen LogP contribution is -2.42. The van der Waals surface area contributed by atoms with Gasteiger partial charge in [0.25, 0.3) is 0 Å². The maximum Gasteiger partial charge on any atom is 0.0425 e. The highest BCUT2D eigenvalue weighted by molar-refractivity contribution is 4.99. The first kappa shape index (κ1) is 9.53. The van der Waals surface area contributed by atoms with Crippen LogP contribution in [-0.2, 0) is 0 Å². The fraction of sp³-hybridized carbons (Fsp3) is 0.636. The Morgan fingerprint density at radius 2 is 1.83 bits per heavy atom. The third-order valence-electron chi connectivity index (χ3n) is 2.55. The zero-order valence-corrected chi connectivity index (χ0v) is 7.76. The summed E-state index contributed by atoms with van der Waals surface area (Å²) in [6.45, 7) is 8.60. The van der Waals surface area contributed by atoms with E-state index in [1.165, 1.54) is 19.3 Å². The molecule has 1 rings (SSSR count). The van der Waals surface area contributed by atoms with Gasteiger partial charge in [0.05, 0.1) is 0 Å². The van der Waals surface area contributed by atoms with E-state index in [-0.39, 0.29) is 5.54 Å². The maximum atomic E-state index is 4.70. The summed E-state index contributed by atoms with van der Waals surface area (Å²) in [6.07, 6.45) is 9.78. The first-order valence-electron chi connectivity index (χ1n) is 4.73. The van der Waals surface area contributed by atoms with Crippen LogP contribution in [-0.4, -0.2) is 12.1 Å². The first-order valence-corrected chi connectivity index (χ1v) is 4.73. The first-order chi connectivity index (χ1) is 5.83. The molecule has 1 aliphatic heterocycles. The van der Waals surface area contributed by atoms with Gasteiger partial charge in [-0.2, -0.15) is 0 Å². The monoisotopic (exact) mass is 164 g/mol. The van der Waals surface area contributed by atoms with E-state index in [1.54, 1.807) is 0 Å². The van der Waals surface area contributed by atoms with Crippen LogP contribution in [0.3, 0.4) is 0 Å². The summed E-state index contributed by atoms with van der Waals surface area (Å²) in [7, 11) is 0. The second-order valence-corrected chi connectivity index (χ2v) is 3.55. The molecule has 0 aromatic rings. The van der Waals surface area contributed by atoms with Crippen LogP contribution in [0.5, 0.6) is 0 Å². The fourth-order valence-electron chi connectivity index (χ4n) is 1.92. The van der Waals surface area contributed by atoms with Gasteiger partial charge in [-0.15, -0.1) is 13.2 Å². The van der Waals surface area contributed by atoms with E-state index in [1.807, 2.05) is 12.2 Å². The molecular weight excluding hydrogens is 146 g/mol. The van der Waals surface area contributed by atoms with E-state index >= 15 is 0 Å². The van der Waals surface area contributed by atoms with Crippen molar-refractivity contribution < 1.29 is 0 Å². The van der Waals surface area contributed by atoms with Crippen molar-refractivity contribution in [3.05, 3.63) is 25.3 Å². The molecule has 1 saturated heterocycles. The molecule has 1 aliphatic rings. The van der Waals surface area contributed by atoms with Crippen LogP contribution < -0.4 is 5.32 Å². The number of piperidine rings is 1. The minimum absolute atomic E-state index is 0.168. The zero-order valence-electron chi connectivity index (χ0n) is 7.76. The molecule has 1 nitrogen and oxygen atoms in total. The highest BCUT2D eigenvalue weighted by Gasteiger charge is 2.29. The fourth-order valence-corrected chi connectivity index (χ4v) is 1.92. The molecule has 1 heterocycles. The molecule has 12 heavy (non-hydrogen) atoms. The lowest BCUT2D eigenvalue weighted by molar-refractivity contribution is 0.251. The topological polar surface area (TPSA) is 14.1 Å². The summed E-state index contributed by atoms with van der Waals surface area (Å²) in [5.74, 6) is 0. The lowest BCUT2D eigenvalue weighted by atomic mass is 9.83. The minimum atomic E-state index is 0.168. The molecule has 1 fully saturated rings. The standard InChI is InChI=1S/C11H18N/c1-3-7-11(8-4-2)9-5-6-10-12-11/h3-4H,1-2,5-10H2. The van der Waals surface area contributed by atoms with Gasteiger partial charge in [0, 0.05) is 12.1 Å². The summed E-state index contributed by atoms with van der Waals surface area (Å²) in [6, 6.07) is 0. The third kappa shape index (κ3) is 2.21. The highest BCUT2D eigenvalue weighted by atomic mass is 15.0. The van der Waals surface area contributed by atoms with Gasteiger partial charge in [0.15, 0.2) is 0 Å². The quantitative estimate of drug-likeness (QED) is 0.567. The average molecular weight is 164 g/mol. The van der Waals surface area contributed by atoms with Gasteiger partial charge in [-0.3, -0.25) is 0 Å². The predicted octanol–water partition coefficient (Wildman–Crippen LogP) is 2.67. The van der Waals surface area contributed by atoms with Gasteiger partial charge in [0.1, 0.15) is 0 Å². The van der Waals surface area contributed by atoms with Crippen molar-refractivity contribution in [3.63, 3.8) is 0 Å². The van der Waals surface area contributed by atoms with Gasteiger partial charge < -0.3 is 0 Å². The molecule has 0 N–H and O–H groups in total. The van der Waals surface area contributed by atoms with Crippen molar-refractivity contribution in [2.75, 3.05) is 6.54 Å². The van der Waals surface area contributed by atoms with Crippen LogP contribution in [0.25, 0.3) is 0 Å². The molecule has 1 heteroatoms. The Labute approximate surface area is 75.6 Å². The molecule has 0 unspecified atom stereocenters. The summed E-state index contributed by atoms with van der Waals surface area (Å²) in [5, 5.41) is 4.70. The Morgan fingerprint density at radius 3 is 2.25 bits per heavy atom.